The minimum atomic E-state index is -4.83. The molecule has 3 rings (SSSR count). The summed E-state index contributed by atoms with van der Waals surface area (Å²) in [6.45, 7) is 4.52. The van der Waals surface area contributed by atoms with Crippen LogP contribution in [0.4, 0.5) is 32.3 Å². The smallest absolute Gasteiger partial charge is 0.478 e. The zero-order valence-electron chi connectivity index (χ0n) is 21.8. The molecule has 0 radical (unpaired) electrons. The first-order valence-electron chi connectivity index (χ1n) is 12.1. The summed E-state index contributed by atoms with van der Waals surface area (Å²) in [5.41, 5.74) is -1.26. The van der Waals surface area contributed by atoms with Crippen LogP contribution in [0.3, 0.4) is 0 Å². The minimum Gasteiger partial charge on any atom is -0.478 e. The van der Waals surface area contributed by atoms with E-state index in [0.717, 1.165) is 43.7 Å². The van der Waals surface area contributed by atoms with Crippen molar-refractivity contribution < 1.29 is 45.7 Å². The van der Waals surface area contributed by atoms with Gasteiger partial charge in [-0.25, -0.2) is 14.8 Å². The zero-order valence-corrected chi connectivity index (χ0v) is 21.8. The Morgan fingerprint density at radius 1 is 0.900 bits per heavy atom. The van der Waals surface area contributed by atoms with E-state index in [2.05, 4.69) is 14.7 Å². The van der Waals surface area contributed by atoms with Crippen LogP contribution >= 0.6 is 0 Å². The van der Waals surface area contributed by atoms with E-state index < -0.39 is 35.4 Å². The molecule has 0 fully saturated rings. The fraction of sp³-hybridized carbons (Fsp3) is 0.370. The lowest BCUT2D eigenvalue weighted by atomic mass is 10.0. The van der Waals surface area contributed by atoms with Gasteiger partial charge in [0.2, 0.25) is 5.95 Å². The Balaban J connectivity index is 1.85. The predicted octanol–water partition coefficient (Wildman–Crippen LogP) is 6.45. The van der Waals surface area contributed by atoms with Crippen molar-refractivity contribution in [3.05, 3.63) is 77.1 Å². The number of ether oxygens (including phenoxy) is 2. The highest BCUT2D eigenvalue weighted by Gasteiger charge is 2.38. The molecule has 40 heavy (non-hydrogen) atoms. The van der Waals surface area contributed by atoms with Gasteiger partial charge in [-0.3, -0.25) is 0 Å². The third kappa shape index (κ3) is 8.48. The maximum Gasteiger partial charge on any atom is 0.573 e. The first kappa shape index (κ1) is 30.5. The van der Waals surface area contributed by atoms with Crippen LogP contribution in [0.25, 0.3) is 0 Å². The second-order valence-electron chi connectivity index (χ2n) is 9.35. The molecule has 0 aliphatic rings. The number of carbonyl (C=O) groups is 1. The van der Waals surface area contributed by atoms with E-state index in [1.807, 2.05) is 6.92 Å². The molecule has 3 aromatic rings. The number of aromatic nitrogens is 2. The van der Waals surface area contributed by atoms with E-state index >= 15 is 0 Å². The number of aryl methyl sites for hydroxylation is 1. The maximum atomic E-state index is 13.8. The van der Waals surface area contributed by atoms with E-state index in [1.165, 1.54) is 18.2 Å². The molecule has 0 saturated carbocycles. The van der Waals surface area contributed by atoms with Gasteiger partial charge in [-0.1, -0.05) is 25.1 Å². The molecular weight excluding hydrogens is 544 g/mol. The summed E-state index contributed by atoms with van der Waals surface area (Å²) >= 11 is 0. The largest absolute Gasteiger partial charge is 0.573 e. The second kappa shape index (κ2) is 12.0. The summed E-state index contributed by atoms with van der Waals surface area (Å²) in [5.74, 6) is -2.14. The molecule has 0 atom stereocenters. The molecule has 0 spiro atoms. The predicted molar refractivity (Wildman–Crippen MR) is 133 cm³/mol. The van der Waals surface area contributed by atoms with Crippen LogP contribution in [-0.2, 0) is 30.4 Å². The van der Waals surface area contributed by atoms with Crippen molar-refractivity contribution in [2.75, 3.05) is 11.4 Å². The van der Waals surface area contributed by atoms with Crippen LogP contribution < -0.4 is 14.4 Å². The fourth-order valence-corrected chi connectivity index (χ4v) is 3.59. The van der Waals surface area contributed by atoms with Crippen LogP contribution in [0.1, 0.15) is 43.0 Å². The van der Waals surface area contributed by atoms with Crippen LogP contribution in [0.15, 0.2) is 54.9 Å². The average Bonchev–Trinajstić information content (AvgIpc) is 2.86. The quantitative estimate of drug-likeness (QED) is 0.265. The lowest BCUT2D eigenvalue weighted by molar-refractivity contribution is -0.274. The van der Waals surface area contributed by atoms with Gasteiger partial charge in [-0.05, 0) is 67.6 Å². The van der Waals surface area contributed by atoms with Gasteiger partial charge in [0.15, 0.2) is 5.60 Å². The molecule has 1 aromatic heterocycles. The first-order chi connectivity index (χ1) is 18.6. The van der Waals surface area contributed by atoms with Crippen LogP contribution in [0.5, 0.6) is 11.5 Å². The highest BCUT2D eigenvalue weighted by atomic mass is 19.4. The van der Waals surface area contributed by atoms with Crippen molar-refractivity contribution in [3.8, 4) is 11.5 Å². The van der Waals surface area contributed by atoms with Crippen molar-refractivity contribution in [1.82, 2.24) is 9.97 Å². The molecule has 0 saturated heterocycles. The number of alkyl halides is 6. The molecule has 1 N–H and O–H groups in total. The number of carboxylic acids is 1. The fourth-order valence-electron chi connectivity index (χ4n) is 3.59. The van der Waals surface area contributed by atoms with Gasteiger partial charge in [0, 0.05) is 25.5 Å². The molecule has 0 unspecified atom stereocenters. The molecule has 13 heteroatoms. The third-order valence-electron chi connectivity index (χ3n) is 5.81. The Hall–Kier alpha value is -4.03. The first-order valence-corrected chi connectivity index (χ1v) is 12.1. The van der Waals surface area contributed by atoms with Gasteiger partial charge < -0.3 is 19.5 Å². The minimum absolute atomic E-state index is 0.111. The van der Waals surface area contributed by atoms with Crippen LogP contribution in [0, 0.1) is 0 Å². The molecular formula is C27H27F6N3O4. The monoisotopic (exact) mass is 571 g/mol. The molecule has 216 valence electrons. The Kier molecular flexibility index (Phi) is 9.16. The Labute approximate surface area is 226 Å². The summed E-state index contributed by atoms with van der Waals surface area (Å²) < 4.78 is 88.0. The number of benzene rings is 2. The Bertz CT molecular complexity index is 1290. The maximum absolute atomic E-state index is 13.8. The lowest BCUT2D eigenvalue weighted by Crippen LogP contribution is -2.38. The van der Waals surface area contributed by atoms with Gasteiger partial charge in [0.25, 0.3) is 0 Å². The molecule has 2 aromatic carbocycles. The van der Waals surface area contributed by atoms with E-state index in [4.69, 9.17) is 4.74 Å². The van der Waals surface area contributed by atoms with Crippen LogP contribution in [0.2, 0.25) is 0 Å². The summed E-state index contributed by atoms with van der Waals surface area (Å²) in [4.78, 5) is 21.7. The molecule has 0 aliphatic carbocycles. The second-order valence-corrected chi connectivity index (χ2v) is 9.35. The summed E-state index contributed by atoms with van der Waals surface area (Å²) in [6.07, 6.45) is -5.60. The highest BCUT2D eigenvalue weighted by Crippen LogP contribution is 2.38. The lowest BCUT2D eigenvalue weighted by Gasteiger charge is -2.25. The van der Waals surface area contributed by atoms with E-state index in [9.17, 15) is 36.2 Å². The zero-order chi connectivity index (χ0) is 29.7. The molecule has 0 amide bonds. The van der Waals surface area contributed by atoms with Crippen molar-refractivity contribution in [3.63, 3.8) is 0 Å². The SMILES string of the molecule is CCc1cnc(N(CCc2ccc(OC(C)(C)C(=O)O)c(C(F)(F)F)c2)Cc2ccc(OC(F)(F)F)cc2)nc1. The normalized spacial score (nSPS) is 12.2. The standard InChI is InChI=1S/C27H27F6N3O4/c1-4-17-14-34-24(35-15-17)36(16-19-5-8-20(9-6-19)39-27(31,32)33)12-11-18-7-10-22(21(13-18)26(28,29)30)40-25(2,3)23(37)38/h5-10,13-15H,4,11-12,16H2,1-3H3,(H,37,38). The number of carboxylic acid groups (broad SMARTS) is 1. The molecule has 7 nitrogen and oxygen atoms in total. The number of hydrogen-bond donors (Lipinski definition) is 1. The van der Waals surface area contributed by atoms with Crippen molar-refractivity contribution >= 4 is 11.9 Å². The summed E-state index contributed by atoms with van der Waals surface area (Å²) in [5, 5.41) is 9.24. The van der Waals surface area contributed by atoms with Gasteiger partial charge in [-0.2, -0.15) is 13.2 Å². The van der Waals surface area contributed by atoms with E-state index in [1.54, 1.807) is 17.3 Å². The van der Waals surface area contributed by atoms with Crippen molar-refractivity contribution in [2.45, 2.75) is 58.3 Å². The Morgan fingerprint density at radius 3 is 2.02 bits per heavy atom. The number of hydrogen-bond acceptors (Lipinski definition) is 6. The molecule has 1 heterocycles. The van der Waals surface area contributed by atoms with E-state index in [-0.39, 0.29) is 36.8 Å². The number of nitrogens with zero attached hydrogens (tertiary/aromatic N) is 3. The number of halogens is 6. The average molecular weight is 572 g/mol. The third-order valence-corrected chi connectivity index (χ3v) is 5.81. The summed E-state index contributed by atoms with van der Waals surface area (Å²) in [6, 6.07) is 8.59. The van der Waals surface area contributed by atoms with Crippen molar-refractivity contribution in [1.29, 1.82) is 0 Å². The highest BCUT2D eigenvalue weighted by molar-refractivity contribution is 5.76. The number of rotatable bonds is 11. The molecule has 0 bridgehead atoms. The molecule has 0 aliphatic heterocycles. The van der Waals surface area contributed by atoms with Gasteiger partial charge >= 0.3 is 18.5 Å². The number of aliphatic carboxylic acids is 1. The Morgan fingerprint density at radius 2 is 1.50 bits per heavy atom. The van der Waals surface area contributed by atoms with Gasteiger partial charge in [0.05, 0.1) is 5.56 Å². The van der Waals surface area contributed by atoms with E-state index in [0.29, 0.717) is 12.0 Å². The van der Waals surface area contributed by atoms with Crippen molar-refractivity contribution in [2.24, 2.45) is 0 Å². The van der Waals surface area contributed by atoms with Crippen LogP contribution in [-0.4, -0.2) is 39.6 Å². The summed E-state index contributed by atoms with van der Waals surface area (Å²) in [7, 11) is 0. The topological polar surface area (TPSA) is 84.8 Å². The van der Waals surface area contributed by atoms with Gasteiger partial charge in [0.1, 0.15) is 11.5 Å². The number of anilines is 1. The van der Waals surface area contributed by atoms with Gasteiger partial charge in [-0.15, -0.1) is 13.2 Å².